The summed E-state index contributed by atoms with van der Waals surface area (Å²) in [5, 5.41) is 7.13. The number of anilines is 1. The van der Waals surface area contributed by atoms with Crippen LogP contribution in [-0.4, -0.2) is 63.9 Å². The van der Waals surface area contributed by atoms with Crippen LogP contribution in [0.1, 0.15) is 47.4 Å². The Bertz CT molecular complexity index is 1030. The number of carbonyl (C=O) groups is 1. The minimum atomic E-state index is -4.53. The molecular weight excluding hydrogens is 511 g/mol. The summed E-state index contributed by atoms with van der Waals surface area (Å²) in [6, 6.07) is 4.91. The molecule has 0 saturated carbocycles. The third-order valence-electron chi connectivity index (χ3n) is 6.65. The van der Waals surface area contributed by atoms with Crippen molar-refractivity contribution in [3.05, 3.63) is 45.0 Å². The number of rotatable bonds is 2. The predicted molar refractivity (Wildman–Crippen MR) is 118 cm³/mol. The molecule has 3 aliphatic heterocycles. The Morgan fingerprint density at radius 1 is 1.19 bits per heavy atom. The van der Waals surface area contributed by atoms with Gasteiger partial charge in [0, 0.05) is 36.6 Å². The molecule has 32 heavy (non-hydrogen) atoms. The van der Waals surface area contributed by atoms with Crippen molar-refractivity contribution in [1.29, 1.82) is 0 Å². The van der Waals surface area contributed by atoms with Gasteiger partial charge in [-0.05, 0) is 37.1 Å². The first-order valence-corrected chi connectivity index (χ1v) is 11.8. The second-order valence-electron chi connectivity index (χ2n) is 8.58. The Morgan fingerprint density at radius 2 is 1.94 bits per heavy atom. The number of fused-ring (bicyclic) bond motifs is 2. The van der Waals surface area contributed by atoms with Crippen LogP contribution in [0.3, 0.4) is 0 Å². The zero-order chi connectivity index (χ0) is 22.6. The van der Waals surface area contributed by atoms with Crippen molar-refractivity contribution in [3.8, 4) is 0 Å². The molecule has 3 unspecified atom stereocenters. The van der Waals surface area contributed by atoms with Crippen LogP contribution >= 0.6 is 27.5 Å². The Kier molecular flexibility index (Phi) is 5.66. The summed E-state index contributed by atoms with van der Waals surface area (Å²) in [7, 11) is 0. The molecule has 1 N–H and O–H groups in total. The van der Waals surface area contributed by atoms with Crippen LogP contribution in [0.5, 0.6) is 0 Å². The number of hydrogen-bond donors (Lipinski definition) is 1. The van der Waals surface area contributed by atoms with Crippen LogP contribution < -0.4 is 5.32 Å². The highest BCUT2D eigenvalue weighted by atomic mass is 79.9. The van der Waals surface area contributed by atoms with E-state index in [-0.39, 0.29) is 23.0 Å². The number of nitrogens with zero attached hydrogens (tertiary/aromatic N) is 4. The van der Waals surface area contributed by atoms with Crippen molar-refractivity contribution in [3.63, 3.8) is 0 Å². The number of alkyl halides is 3. The summed E-state index contributed by atoms with van der Waals surface area (Å²) in [6.07, 6.45) is -2.66. The normalized spacial score (nSPS) is 25.9. The first-order chi connectivity index (χ1) is 15.2. The maximum absolute atomic E-state index is 14.0. The van der Waals surface area contributed by atoms with E-state index in [0.29, 0.717) is 24.7 Å². The van der Waals surface area contributed by atoms with Crippen molar-refractivity contribution in [2.45, 2.75) is 43.6 Å². The van der Waals surface area contributed by atoms with Gasteiger partial charge in [0.25, 0.3) is 5.91 Å². The number of carbonyl (C=O) groups excluding carboxylic acids is 1. The molecule has 4 heterocycles. The highest BCUT2D eigenvalue weighted by Crippen LogP contribution is 2.46. The van der Waals surface area contributed by atoms with Crippen molar-refractivity contribution >= 4 is 39.3 Å². The highest BCUT2D eigenvalue weighted by Gasteiger charge is 2.48. The number of halogens is 5. The zero-order valence-corrected chi connectivity index (χ0v) is 19.4. The number of aromatic nitrogens is 2. The highest BCUT2D eigenvalue weighted by molar-refractivity contribution is 9.10. The van der Waals surface area contributed by atoms with Gasteiger partial charge in [0.2, 0.25) is 0 Å². The molecule has 1 aromatic carbocycles. The largest absolute Gasteiger partial charge is 0.410 e. The fraction of sp³-hybridized carbons (Fsp3) is 0.524. The van der Waals surface area contributed by atoms with Crippen LogP contribution in [0, 0.1) is 0 Å². The van der Waals surface area contributed by atoms with E-state index in [0.717, 1.165) is 35.1 Å². The Balaban J connectivity index is 1.47. The van der Waals surface area contributed by atoms with Gasteiger partial charge in [-0.3, -0.25) is 9.69 Å². The van der Waals surface area contributed by atoms with E-state index < -0.39 is 24.2 Å². The third-order valence-corrected chi connectivity index (χ3v) is 7.53. The summed E-state index contributed by atoms with van der Waals surface area (Å²) >= 11 is 9.83. The van der Waals surface area contributed by atoms with Gasteiger partial charge in [0.1, 0.15) is 10.8 Å². The molecule has 2 aromatic rings. The molecule has 5 rings (SSSR count). The fourth-order valence-electron chi connectivity index (χ4n) is 4.97. The standard InChI is InChI=1S/C21H22BrClF3N5O/c22-13-5-3-12(4-6-13)15-10-16(21(24,25)26)31-19(27-15)17(23)18(28-31)20(32)30-9-8-29-7-1-2-14(29)11-30/h3-6,14-16,27H,1-2,7-11H2. The van der Waals surface area contributed by atoms with E-state index in [1.165, 1.54) is 0 Å². The minimum absolute atomic E-state index is 0.0380. The molecule has 6 nitrogen and oxygen atoms in total. The number of nitrogens with one attached hydrogen (secondary N) is 1. The quantitative estimate of drug-likeness (QED) is 0.599. The zero-order valence-electron chi connectivity index (χ0n) is 17.1. The lowest BCUT2D eigenvalue weighted by Crippen LogP contribution is -2.52. The molecule has 3 atom stereocenters. The van der Waals surface area contributed by atoms with Crippen LogP contribution in [0.4, 0.5) is 19.0 Å². The Morgan fingerprint density at radius 3 is 2.66 bits per heavy atom. The minimum Gasteiger partial charge on any atom is -0.362 e. The van der Waals surface area contributed by atoms with Gasteiger partial charge in [0.05, 0.1) is 6.04 Å². The molecule has 1 amide bonds. The van der Waals surface area contributed by atoms with E-state index in [1.54, 1.807) is 29.2 Å². The summed E-state index contributed by atoms with van der Waals surface area (Å²) < 4.78 is 43.6. The van der Waals surface area contributed by atoms with E-state index in [4.69, 9.17) is 11.6 Å². The van der Waals surface area contributed by atoms with Crippen LogP contribution in [0.2, 0.25) is 5.02 Å². The van der Waals surface area contributed by atoms with Gasteiger partial charge in [0.15, 0.2) is 11.7 Å². The molecule has 2 fully saturated rings. The second-order valence-corrected chi connectivity index (χ2v) is 9.87. The first kappa shape index (κ1) is 22.0. The summed E-state index contributed by atoms with van der Waals surface area (Å²) in [5.41, 5.74) is 0.586. The molecule has 0 spiro atoms. The SMILES string of the molecule is O=C(c1nn2c(c1Cl)NC(c1ccc(Br)cc1)CC2C(F)(F)F)N1CCN2CCCC2C1. The summed E-state index contributed by atoms with van der Waals surface area (Å²) in [4.78, 5) is 17.2. The molecule has 2 saturated heterocycles. The average molecular weight is 533 g/mol. The summed E-state index contributed by atoms with van der Waals surface area (Å²) in [6.45, 7) is 2.86. The van der Waals surface area contributed by atoms with E-state index in [9.17, 15) is 18.0 Å². The number of amides is 1. The van der Waals surface area contributed by atoms with Crippen LogP contribution in [0.25, 0.3) is 0 Å². The third kappa shape index (κ3) is 3.90. The maximum atomic E-state index is 14.0. The first-order valence-electron chi connectivity index (χ1n) is 10.6. The number of piperazine rings is 1. The molecule has 0 radical (unpaired) electrons. The molecule has 3 aliphatic rings. The van der Waals surface area contributed by atoms with Crippen molar-refractivity contribution in [2.75, 3.05) is 31.5 Å². The fourth-order valence-corrected chi connectivity index (χ4v) is 5.49. The lowest BCUT2D eigenvalue weighted by Gasteiger charge is -2.37. The lowest BCUT2D eigenvalue weighted by atomic mass is 9.97. The van der Waals surface area contributed by atoms with Gasteiger partial charge >= 0.3 is 6.18 Å². The second kappa shape index (κ2) is 8.22. The number of hydrogen-bond acceptors (Lipinski definition) is 4. The monoisotopic (exact) mass is 531 g/mol. The van der Waals surface area contributed by atoms with Crippen molar-refractivity contribution in [2.24, 2.45) is 0 Å². The van der Waals surface area contributed by atoms with Gasteiger partial charge < -0.3 is 10.2 Å². The predicted octanol–water partition coefficient (Wildman–Crippen LogP) is 4.88. The smallest absolute Gasteiger partial charge is 0.362 e. The Labute approximate surface area is 196 Å². The molecule has 172 valence electrons. The number of benzene rings is 1. The van der Waals surface area contributed by atoms with Gasteiger partial charge in [-0.15, -0.1) is 0 Å². The summed E-state index contributed by atoms with van der Waals surface area (Å²) in [5.74, 6) is -0.373. The van der Waals surface area contributed by atoms with Crippen molar-refractivity contribution < 1.29 is 18.0 Å². The van der Waals surface area contributed by atoms with Crippen LogP contribution in [-0.2, 0) is 0 Å². The van der Waals surface area contributed by atoms with Crippen molar-refractivity contribution in [1.82, 2.24) is 19.6 Å². The van der Waals surface area contributed by atoms with E-state index >= 15 is 0 Å². The van der Waals surface area contributed by atoms with E-state index in [1.807, 2.05) is 0 Å². The molecule has 0 aliphatic carbocycles. The van der Waals surface area contributed by atoms with Gasteiger partial charge in [-0.1, -0.05) is 39.7 Å². The molecule has 11 heteroatoms. The van der Waals surface area contributed by atoms with E-state index in [2.05, 4.69) is 31.2 Å². The molecule has 1 aromatic heterocycles. The molecular formula is C21H22BrClF3N5O. The lowest BCUT2D eigenvalue weighted by molar-refractivity contribution is -0.173. The van der Waals surface area contributed by atoms with Crippen LogP contribution in [0.15, 0.2) is 28.7 Å². The Hall–Kier alpha value is -1.78. The van der Waals surface area contributed by atoms with Gasteiger partial charge in [-0.2, -0.15) is 18.3 Å². The maximum Gasteiger partial charge on any atom is 0.410 e. The van der Waals surface area contributed by atoms with Gasteiger partial charge in [-0.25, -0.2) is 4.68 Å². The topological polar surface area (TPSA) is 53.4 Å². The average Bonchev–Trinajstić information content (AvgIpc) is 3.36. The molecule has 0 bridgehead atoms.